The molecule has 3 aromatic rings. The van der Waals surface area contributed by atoms with Crippen molar-refractivity contribution in [1.29, 1.82) is 0 Å². The maximum absolute atomic E-state index is 14.1. The Hall–Kier alpha value is -3.49. The van der Waals surface area contributed by atoms with E-state index in [4.69, 9.17) is 4.99 Å². The largest absolute Gasteiger partial charge is 0.367 e. The third kappa shape index (κ3) is 5.17. The summed E-state index contributed by atoms with van der Waals surface area (Å²) >= 11 is 0. The van der Waals surface area contributed by atoms with Gasteiger partial charge in [0.15, 0.2) is 5.96 Å². The molecule has 1 saturated heterocycles. The summed E-state index contributed by atoms with van der Waals surface area (Å²) in [5, 5.41) is 6.69. The van der Waals surface area contributed by atoms with Crippen molar-refractivity contribution in [3.63, 3.8) is 0 Å². The van der Waals surface area contributed by atoms with Crippen LogP contribution in [-0.2, 0) is 6.54 Å². The van der Waals surface area contributed by atoms with E-state index in [2.05, 4.69) is 20.6 Å². The molecule has 0 aliphatic carbocycles. The summed E-state index contributed by atoms with van der Waals surface area (Å²) in [6.07, 6.45) is 7.85. The molecule has 0 bridgehead atoms. The smallest absolute Gasteiger partial charge is 0.191 e. The van der Waals surface area contributed by atoms with Crippen molar-refractivity contribution in [2.24, 2.45) is 4.99 Å². The number of hydrogen-bond donors (Lipinski definition) is 2. The first-order valence-corrected chi connectivity index (χ1v) is 10.3. The molecule has 3 heterocycles. The van der Waals surface area contributed by atoms with Gasteiger partial charge in [-0.3, -0.25) is 4.57 Å². The molecule has 162 valence electrons. The number of aliphatic imine (C=N–C) groups is 1. The molecule has 1 atom stereocenters. The molecule has 2 N–H and O–H groups in total. The fraction of sp³-hybridized carbons (Fsp3) is 0.318. The lowest BCUT2D eigenvalue weighted by molar-refractivity contribution is 0.580. The lowest BCUT2D eigenvalue weighted by Gasteiger charge is -2.21. The van der Waals surface area contributed by atoms with Crippen molar-refractivity contribution in [2.45, 2.75) is 25.9 Å². The van der Waals surface area contributed by atoms with Gasteiger partial charge >= 0.3 is 0 Å². The molecule has 1 aliphatic heterocycles. The standard InChI is InChI=1S/C22H25F2N7/c1-2-26-22(28-13-16-5-7-27-21(11-16)31-10-8-25-15-31)29-18-6-9-30(14-18)20-4-3-17(23)12-19(20)24/h3-5,7-8,10-12,15,18H,2,6,9,13-14H2,1H3,(H2,26,28,29). The Kier molecular flexibility index (Phi) is 6.40. The third-order valence-corrected chi connectivity index (χ3v) is 5.12. The van der Waals surface area contributed by atoms with Crippen molar-refractivity contribution in [3.05, 3.63) is 72.4 Å². The van der Waals surface area contributed by atoms with E-state index in [0.717, 1.165) is 30.4 Å². The summed E-state index contributed by atoms with van der Waals surface area (Å²) in [7, 11) is 0. The van der Waals surface area contributed by atoms with Crippen molar-refractivity contribution in [2.75, 3.05) is 24.5 Å². The molecule has 7 nitrogen and oxygen atoms in total. The van der Waals surface area contributed by atoms with Crippen molar-refractivity contribution < 1.29 is 8.78 Å². The van der Waals surface area contributed by atoms with Gasteiger partial charge in [0.2, 0.25) is 0 Å². The minimum absolute atomic E-state index is 0.112. The number of imidazole rings is 1. The quantitative estimate of drug-likeness (QED) is 0.470. The highest BCUT2D eigenvalue weighted by molar-refractivity contribution is 5.80. The number of guanidine groups is 1. The SMILES string of the molecule is CCNC(=NCc1ccnc(-n2ccnc2)c1)NC1CCN(c2ccc(F)cc2F)C1. The average Bonchev–Trinajstić information content (AvgIpc) is 3.45. The van der Waals surface area contributed by atoms with E-state index in [1.54, 1.807) is 18.7 Å². The molecular formula is C22H25F2N7. The molecular weight excluding hydrogens is 400 g/mol. The summed E-state index contributed by atoms with van der Waals surface area (Å²) in [5.74, 6) is 0.391. The van der Waals surface area contributed by atoms with Gasteiger partial charge in [-0.15, -0.1) is 0 Å². The van der Waals surface area contributed by atoms with Gasteiger partial charge in [-0.05, 0) is 43.2 Å². The maximum Gasteiger partial charge on any atom is 0.191 e. The minimum atomic E-state index is -0.566. The third-order valence-electron chi connectivity index (χ3n) is 5.12. The van der Waals surface area contributed by atoms with Crippen LogP contribution < -0.4 is 15.5 Å². The van der Waals surface area contributed by atoms with Gasteiger partial charge in [-0.25, -0.2) is 23.7 Å². The first-order valence-electron chi connectivity index (χ1n) is 10.3. The summed E-state index contributed by atoms with van der Waals surface area (Å²) < 4.78 is 29.1. The lowest BCUT2D eigenvalue weighted by Crippen LogP contribution is -2.44. The molecule has 4 rings (SSSR count). The fourth-order valence-corrected chi connectivity index (χ4v) is 3.61. The van der Waals surface area contributed by atoms with Gasteiger partial charge in [-0.1, -0.05) is 0 Å². The predicted molar refractivity (Wildman–Crippen MR) is 116 cm³/mol. The Morgan fingerprint density at radius 2 is 2.13 bits per heavy atom. The van der Waals surface area contributed by atoms with Gasteiger partial charge in [0.05, 0.1) is 12.2 Å². The molecule has 0 spiro atoms. The number of nitrogens with zero attached hydrogens (tertiary/aromatic N) is 5. The average molecular weight is 425 g/mol. The second-order valence-corrected chi connectivity index (χ2v) is 7.36. The monoisotopic (exact) mass is 425 g/mol. The van der Waals surface area contributed by atoms with Gasteiger partial charge in [-0.2, -0.15) is 0 Å². The highest BCUT2D eigenvalue weighted by Gasteiger charge is 2.25. The van der Waals surface area contributed by atoms with Gasteiger partial charge in [0.1, 0.15) is 23.8 Å². The number of hydrogen-bond acceptors (Lipinski definition) is 4. The van der Waals surface area contributed by atoms with Crippen LogP contribution in [0.3, 0.4) is 0 Å². The van der Waals surface area contributed by atoms with E-state index in [1.165, 1.54) is 12.1 Å². The van der Waals surface area contributed by atoms with E-state index >= 15 is 0 Å². The number of rotatable bonds is 6. The first kappa shape index (κ1) is 20.8. The van der Waals surface area contributed by atoms with Crippen molar-refractivity contribution in [1.82, 2.24) is 25.2 Å². The Morgan fingerprint density at radius 1 is 1.23 bits per heavy atom. The minimum Gasteiger partial charge on any atom is -0.367 e. The first-order chi connectivity index (χ1) is 15.1. The Morgan fingerprint density at radius 3 is 2.90 bits per heavy atom. The van der Waals surface area contributed by atoms with Gasteiger partial charge in [0.25, 0.3) is 0 Å². The highest BCUT2D eigenvalue weighted by Crippen LogP contribution is 2.24. The second kappa shape index (κ2) is 9.55. The molecule has 1 fully saturated rings. The Labute approximate surface area is 179 Å². The van der Waals surface area contributed by atoms with E-state index in [-0.39, 0.29) is 6.04 Å². The zero-order chi connectivity index (χ0) is 21.6. The summed E-state index contributed by atoms with van der Waals surface area (Å²) in [5.41, 5.74) is 1.45. The maximum atomic E-state index is 14.1. The Balaban J connectivity index is 1.40. The Bertz CT molecular complexity index is 1040. The number of pyridine rings is 1. The number of halogens is 2. The zero-order valence-corrected chi connectivity index (χ0v) is 17.3. The van der Waals surface area contributed by atoms with E-state index in [9.17, 15) is 8.78 Å². The van der Waals surface area contributed by atoms with Crippen LogP contribution in [0.4, 0.5) is 14.5 Å². The van der Waals surface area contributed by atoms with Crippen molar-refractivity contribution in [3.8, 4) is 5.82 Å². The molecule has 0 saturated carbocycles. The number of benzene rings is 1. The van der Waals surface area contributed by atoms with E-state index in [0.29, 0.717) is 31.3 Å². The molecule has 9 heteroatoms. The molecule has 1 unspecified atom stereocenters. The normalized spacial score (nSPS) is 16.5. The highest BCUT2D eigenvalue weighted by atomic mass is 19.1. The molecule has 1 aliphatic rings. The summed E-state index contributed by atoms with van der Waals surface area (Å²) in [6.45, 7) is 4.54. The van der Waals surface area contributed by atoms with Crippen LogP contribution in [0.15, 0.2) is 60.2 Å². The van der Waals surface area contributed by atoms with Crippen LogP contribution >= 0.6 is 0 Å². The zero-order valence-electron chi connectivity index (χ0n) is 17.3. The number of aromatic nitrogens is 3. The second-order valence-electron chi connectivity index (χ2n) is 7.36. The van der Waals surface area contributed by atoms with Crippen LogP contribution in [0.5, 0.6) is 0 Å². The molecule has 2 aromatic heterocycles. The summed E-state index contributed by atoms with van der Waals surface area (Å²) in [4.78, 5) is 15.0. The molecule has 0 amide bonds. The predicted octanol–water partition coefficient (Wildman–Crippen LogP) is 2.88. The number of anilines is 1. The van der Waals surface area contributed by atoms with Crippen LogP contribution in [0, 0.1) is 11.6 Å². The van der Waals surface area contributed by atoms with Crippen LogP contribution in [-0.4, -0.2) is 46.2 Å². The fourth-order valence-electron chi connectivity index (χ4n) is 3.61. The van der Waals surface area contributed by atoms with E-state index < -0.39 is 11.6 Å². The van der Waals surface area contributed by atoms with Gasteiger partial charge < -0.3 is 15.5 Å². The molecule has 0 radical (unpaired) electrons. The summed E-state index contributed by atoms with van der Waals surface area (Å²) in [6, 6.07) is 7.73. The van der Waals surface area contributed by atoms with Crippen LogP contribution in [0.1, 0.15) is 18.9 Å². The number of nitrogens with one attached hydrogen (secondary N) is 2. The van der Waals surface area contributed by atoms with E-state index in [1.807, 2.05) is 34.7 Å². The van der Waals surface area contributed by atoms with Crippen LogP contribution in [0.2, 0.25) is 0 Å². The van der Waals surface area contributed by atoms with Crippen LogP contribution in [0.25, 0.3) is 5.82 Å². The van der Waals surface area contributed by atoms with Gasteiger partial charge in [0, 0.05) is 50.3 Å². The topological polar surface area (TPSA) is 70.4 Å². The van der Waals surface area contributed by atoms with Crippen molar-refractivity contribution >= 4 is 11.6 Å². The molecule has 1 aromatic carbocycles. The molecule has 31 heavy (non-hydrogen) atoms. The lowest BCUT2D eigenvalue weighted by atomic mass is 10.2.